The molecular weight excluding hydrogens is 411 g/mol. The van der Waals surface area contributed by atoms with E-state index in [1.807, 2.05) is 19.9 Å². The number of allylic oxidation sites excluding steroid dienone is 3. The molecule has 1 aliphatic rings. The summed E-state index contributed by atoms with van der Waals surface area (Å²) in [6, 6.07) is 1.40. The molecule has 0 aromatic carbocycles. The summed E-state index contributed by atoms with van der Waals surface area (Å²) in [5, 5.41) is 12.3. The minimum Gasteiger partial charge on any atom is -0.366 e. The van der Waals surface area contributed by atoms with E-state index in [-0.39, 0.29) is 18.0 Å². The average Bonchev–Trinajstić information content (AvgIpc) is 3.28. The van der Waals surface area contributed by atoms with Gasteiger partial charge >= 0.3 is 0 Å². The first-order valence-corrected chi connectivity index (χ1v) is 10.2. The van der Waals surface area contributed by atoms with Crippen LogP contribution in [0.15, 0.2) is 48.6 Å². The Labute approximate surface area is 184 Å². The van der Waals surface area contributed by atoms with E-state index in [2.05, 4.69) is 30.5 Å². The second kappa shape index (κ2) is 8.37. The molecule has 0 bridgehead atoms. The first-order chi connectivity index (χ1) is 15.4. The molecule has 2 atom stereocenters. The van der Waals surface area contributed by atoms with E-state index >= 15 is 0 Å². The number of aryl methyl sites for hydroxylation is 2. The summed E-state index contributed by atoms with van der Waals surface area (Å²) in [7, 11) is 0. The Kier molecular flexibility index (Phi) is 5.60. The summed E-state index contributed by atoms with van der Waals surface area (Å²) in [5.41, 5.74) is 6.95. The quantitative estimate of drug-likeness (QED) is 0.631. The van der Waals surface area contributed by atoms with Crippen LogP contribution in [0.3, 0.4) is 0 Å². The normalized spacial score (nSPS) is 19.2. The Morgan fingerprint density at radius 3 is 2.78 bits per heavy atom. The molecule has 2 N–H and O–H groups in total. The lowest BCUT2D eigenvalue weighted by atomic mass is 9.73. The zero-order chi connectivity index (χ0) is 22.9. The van der Waals surface area contributed by atoms with Gasteiger partial charge in [0.15, 0.2) is 5.82 Å². The molecule has 3 heterocycles. The van der Waals surface area contributed by atoms with E-state index in [4.69, 9.17) is 5.73 Å². The van der Waals surface area contributed by atoms with E-state index in [0.717, 1.165) is 0 Å². The zero-order valence-corrected chi connectivity index (χ0v) is 18.0. The molecule has 4 rings (SSSR count). The van der Waals surface area contributed by atoms with Crippen LogP contribution < -0.4 is 5.73 Å². The van der Waals surface area contributed by atoms with Crippen molar-refractivity contribution in [2.24, 2.45) is 5.73 Å². The average molecular weight is 434 g/mol. The summed E-state index contributed by atoms with van der Waals surface area (Å²) in [5.74, 6) is -0.826. The summed E-state index contributed by atoms with van der Waals surface area (Å²) in [6.07, 6.45) is 10.6. The number of carbonyl (C=O) groups excluding carboxylic acids is 1. The van der Waals surface area contributed by atoms with Gasteiger partial charge in [0.25, 0.3) is 0 Å². The van der Waals surface area contributed by atoms with Gasteiger partial charge in [-0.05, 0) is 41.1 Å². The molecule has 0 saturated heterocycles. The van der Waals surface area contributed by atoms with Crippen LogP contribution in [0.1, 0.15) is 49.0 Å². The number of hydrogen-bond donors (Lipinski definition) is 1. The van der Waals surface area contributed by atoms with Crippen molar-refractivity contribution in [1.82, 2.24) is 35.2 Å². The molecular formula is C22H23FN8O. The number of halogens is 1. The second-order valence-corrected chi connectivity index (χ2v) is 7.86. The molecule has 9 nitrogen and oxygen atoms in total. The molecule has 3 aromatic rings. The molecule has 0 saturated carbocycles. The van der Waals surface area contributed by atoms with E-state index in [1.54, 1.807) is 42.5 Å². The van der Waals surface area contributed by atoms with Gasteiger partial charge in [0.1, 0.15) is 11.5 Å². The monoisotopic (exact) mass is 434 g/mol. The number of pyridine rings is 1. The predicted molar refractivity (Wildman–Crippen MR) is 114 cm³/mol. The lowest BCUT2D eigenvalue weighted by Crippen LogP contribution is -2.43. The van der Waals surface area contributed by atoms with Crippen LogP contribution in [0.2, 0.25) is 0 Å². The van der Waals surface area contributed by atoms with E-state index in [9.17, 15) is 9.18 Å². The number of rotatable bonds is 6. The number of carbonyl (C=O) groups is 1. The lowest BCUT2D eigenvalue weighted by Gasteiger charge is -2.39. The van der Waals surface area contributed by atoms with Gasteiger partial charge in [-0.25, -0.2) is 9.07 Å². The van der Waals surface area contributed by atoms with Gasteiger partial charge in [0, 0.05) is 54.7 Å². The fourth-order valence-corrected chi connectivity index (χ4v) is 4.08. The van der Waals surface area contributed by atoms with Crippen molar-refractivity contribution in [3.05, 3.63) is 77.2 Å². The van der Waals surface area contributed by atoms with Crippen LogP contribution in [0.5, 0.6) is 0 Å². The summed E-state index contributed by atoms with van der Waals surface area (Å²) >= 11 is 0. The highest BCUT2D eigenvalue weighted by molar-refractivity contribution is 5.96. The maximum atomic E-state index is 14.9. The SMILES string of the molecule is CCc1nnnn1C1(C(C)c2cnccn2)C=C(c2ncc(C)cc2F)C=C(C(N)=O)C1. The van der Waals surface area contributed by atoms with Gasteiger partial charge in [0.2, 0.25) is 5.91 Å². The number of aromatic nitrogens is 7. The van der Waals surface area contributed by atoms with E-state index in [0.29, 0.717) is 34.6 Å². The van der Waals surface area contributed by atoms with Gasteiger partial charge in [-0.1, -0.05) is 13.8 Å². The predicted octanol–water partition coefficient (Wildman–Crippen LogP) is 2.27. The fourth-order valence-electron chi connectivity index (χ4n) is 4.08. The van der Waals surface area contributed by atoms with E-state index in [1.165, 1.54) is 6.07 Å². The Morgan fingerprint density at radius 1 is 1.31 bits per heavy atom. The van der Waals surface area contributed by atoms with Crippen molar-refractivity contribution in [3.63, 3.8) is 0 Å². The number of primary amides is 1. The van der Waals surface area contributed by atoms with Crippen LogP contribution in [-0.4, -0.2) is 41.1 Å². The van der Waals surface area contributed by atoms with Crippen molar-refractivity contribution in [2.45, 2.75) is 45.1 Å². The number of tetrazole rings is 1. The van der Waals surface area contributed by atoms with E-state index < -0.39 is 17.3 Å². The number of nitrogens with zero attached hydrogens (tertiary/aromatic N) is 7. The minimum atomic E-state index is -0.988. The topological polar surface area (TPSA) is 125 Å². The van der Waals surface area contributed by atoms with Gasteiger partial charge in [0.05, 0.1) is 11.2 Å². The van der Waals surface area contributed by atoms with Crippen molar-refractivity contribution in [2.75, 3.05) is 0 Å². The smallest absolute Gasteiger partial charge is 0.244 e. The maximum absolute atomic E-state index is 14.9. The number of nitrogens with two attached hydrogens (primary N) is 1. The van der Waals surface area contributed by atoms with Gasteiger partial charge in [-0.3, -0.25) is 19.7 Å². The van der Waals surface area contributed by atoms with Crippen molar-refractivity contribution < 1.29 is 9.18 Å². The van der Waals surface area contributed by atoms with Crippen molar-refractivity contribution in [3.8, 4) is 0 Å². The molecule has 1 aliphatic carbocycles. The molecule has 0 fully saturated rings. The van der Waals surface area contributed by atoms with Crippen molar-refractivity contribution in [1.29, 1.82) is 0 Å². The number of hydrogen-bond acceptors (Lipinski definition) is 7. The molecule has 3 aromatic heterocycles. The third-order valence-electron chi connectivity index (χ3n) is 5.80. The Hall–Kier alpha value is -3.82. The third-order valence-corrected chi connectivity index (χ3v) is 5.80. The Morgan fingerprint density at radius 2 is 2.12 bits per heavy atom. The van der Waals surface area contributed by atoms with Crippen molar-refractivity contribution >= 4 is 11.5 Å². The largest absolute Gasteiger partial charge is 0.366 e. The summed E-state index contributed by atoms with van der Waals surface area (Å²) in [6.45, 7) is 5.64. The standard InChI is InChI=1S/C22H23FN8O/c1-4-19-28-29-30-31(19)22(14(3)18-12-25-5-6-26-18)9-15(8-16(10-22)21(24)32)20-17(23)7-13(2)11-27-20/h5-9,11-12,14H,4,10H2,1-3H3,(H2,24,32). The molecule has 0 aliphatic heterocycles. The molecule has 2 unspecified atom stereocenters. The molecule has 32 heavy (non-hydrogen) atoms. The zero-order valence-electron chi connectivity index (χ0n) is 18.0. The Bertz CT molecular complexity index is 1220. The molecule has 10 heteroatoms. The summed E-state index contributed by atoms with van der Waals surface area (Å²) < 4.78 is 16.6. The molecule has 0 spiro atoms. The highest BCUT2D eigenvalue weighted by Crippen LogP contribution is 2.45. The first kappa shape index (κ1) is 21.4. The van der Waals surface area contributed by atoms with Crippen LogP contribution in [0.4, 0.5) is 4.39 Å². The first-order valence-electron chi connectivity index (χ1n) is 10.2. The highest BCUT2D eigenvalue weighted by atomic mass is 19.1. The third kappa shape index (κ3) is 3.68. The number of amides is 1. The van der Waals surface area contributed by atoms with Gasteiger partial charge in [-0.15, -0.1) is 5.10 Å². The van der Waals surface area contributed by atoms with Crippen LogP contribution in [-0.2, 0) is 16.8 Å². The Balaban J connectivity index is 2.00. The molecule has 1 amide bonds. The summed E-state index contributed by atoms with van der Waals surface area (Å²) in [4.78, 5) is 25.3. The van der Waals surface area contributed by atoms with Crippen LogP contribution in [0, 0.1) is 12.7 Å². The highest BCUT2D eigenvalue weighted by Gasteiger charge is 2.44. The van der Waals surface area contributed by atoms with Gasteiger partial charge in [-0.2, -0.15) is 0 Å². The molecule has 164 valence electrons. The fraction of sp³-hybridized carbons (Fsp3) is 0.318. The maximum Gasteiger partial charge on any atom is 0.244 e. The second-order valence-electron chi connectivity index (χ2n) is 7.86. The molecule has 0 radical (unpaired) electrons. The lowest BCUT2D eigenvalue weighted by molar-refractivity contribution is -0.114. The van der Waals surface area contributed by atoms with Crippen LogP contribution in [0.25, 0.3) is 5.57 Å². The van der Waals surface area contributed by atoms with Gasteiger partial charge < -0.3 is 5.73 Å². The van der Waals surface area contributed by atoms with Crippen LogP contribution >= 0.6 is 0 Å². The minimum absolute atomic E-state index is 0.121.